The first-order chi connectivity index (χ1) is 6.79. The van der Waals surface area contributed by atoms with Crippen LogP contribution in [0.3, 0.4) is 0 Å². The third-order valence-corrected chi connectivity index (χ3v) is 2.27. The topological polar surface area (TPSA) is 42.8 Å². The highest BCUT2D eigenvalue weighted by Crippen LogP contribution is 2.00. The van der Waals surface area contributed by atoms with E-state index in [1.807, 2.05) is 11.5 Å². The molecule has 0 saturated carbocycles. The second kappa shape index (κ2) is 5.93. The number of H-pyrrole nitrogens is 1. The normalized spacial score (nSPS) is 10.7. The van der Waals surface area contributed by atoms with Crippen LogP contribution < -0.4 is 0 Å². The minimum absolute atomic E-state index is 0.707. The standard InChI is InChI=1S/C9H17N3OS/c1-3-6-12-8(5-7-13-4-2)10-11-9(12)14/h3-7H2,1-2H3,(H,11,14). The van der Waals surface area contributed by atoms with Gasteiger partial charge in [-0.1, -0.05) is 6.92 Å². The summed E-state index contributed by atoms with van der Waals surface area (Å²) in [6, 6.07) is 0. The minimum atomic E-state index is 0.707. The van der Waals surface area contributed by atoms with E-state index >= 15 is 0 Å². The van der Waals surface area contributed by atoms with Crippen LogP contribution in [-0.2, 0) is 17.7 Å². The van der Waals surface area contributed by atoms with E-state index in [4.69, 9.17) is 17.0 Å². The summed E-state index contributed by atoms with van der Waals surface area (Å²) in [5, 5.41) is 6.98. The van der Waals surface area contributed by atoms with Gasteiger partial charge in [0.15, 0.2) is 4.77 Å². The van der Waals surface area contributed by atoms with E-state index in [2.05, 4.69) is 17.1 Å². The smallest absolute Gasteiger partial charge is 0.195 e. The molecule has 0 radical (unpaired) electrons. The third kappa shape index (κ3) is 2.92. The molecule has 14 heavy (non-hydrogen) atoms. The van der Waals surface area contributed by atoms with Crippen molar-refractivity contribution in [3.63, 3.8) is 0 Å². The molecule has 1 rings (SSSR count). The summed E-state index contributed by atoms with van der Waals surface area (Å²) in [6.45, 7) is 6.50. The molecule has 4 nitrogen and oxygen atoms in total. The van der Waals surface area contributed by atoms with Gasteiger partial charge in [0.05, 0.1) is 6.61 Å². The van der Waals surface area contributed by atoms with Gasteiger partial charge in [-0.05, 0) is 25.6 Å². The molecule has 0 unspecified atom stereocenters. The highest BCUT2D eigenvalue weighted by Gasteiger charge is 2.04. The molecule has 0 fully saturated rings. The van der Waals surface area contributed by atoms with Gasteiger partial charge < -0.3 is 9.30 Å². The molecule has 0 aliphatic heterocycles. The highest BCUT2D eigenvalue weighted by atomic mass is 32.1. The SMILES string of the molecule is CCCn1c(CCOCC)n[nH]c1=S. The van der Waals surface area contributed by atoms with E-state index in [1.54, 1.807) is 0 Å². The number of rotatable bonds is 6. The molecule has 0 aliphatic carbocycles. The van der Waals surface area contributed by atoms with Crippen molar-refractivity contribution in [2.45, 2.75) is 33.2 Å². The van der Waals surface area contributed by atoms with Crippen LogP contribution in [0.2, 0.25) is 0 Å². The molecule has 1 aromatic rings. The van der Waals surface area contributed by atoms with Crippen molar-refractivity contribution >= 4 is 12.2 Å². The lowest BCUT2D eigenvalue weighted by atomic mass is 10.4. The van der Waals surface area contributed by atoms with Crippen molar-refractivity contribution in [1.82, 2.24) is 14.8 Å². The van der Waals surface area contributed by atoms with Crippen LogP contribution in [0.25, 0.3) is 0 Å². The summed E-state index contributed by atoms with van der Waals surface area (Å²) in [5.74, 6) is 0.991. The summed E-state index contributed by atoms with van der Waals surface area (Å²) in [4.78, 5) is 0. The van der Waals surface area contributed by atoms with Crippen molar-refractivity contribution in [2.24, 2.45) is 0 Å². The van der Waals surface area contributed by atoms with E-state index in [0.717, 1.165) is 31.8 Å². The van der Waals surface area contributed by atoms with Gasteiger partial charge >= 0.3 is 0 Å². The van der Waals surface area contributed by atoms with Gasteiger partial charge in [0, 0.05) is 19.6 Å². The van der Waals surface area contributed by atoms with E-state index in [1.165, 1.54) is 0 Å². The lowest BCUT2D eigenvalue weighted by Crippen LogP contribution is -2.07. The predicted molar refractivity (Wildman–Crippen MR) is 57.9 cm³/mol. The van der Waals surface area contributed by atoms with Crippen LogP contribution in [0.5, 0.6) is 0 Å². The van der Waals surface area contributed by atoms with Gasteiger partial charge in [-0.3, -0.25) is 5.10 Å². The fourth-order valence-electron chi connectivity index (χ4n) is 1.30. The van der Waals surface area contributed by atoms with Gasteiger partial charge in [0.2, 0.25) is 0 Å². The first kappa shape index (κ1) is 11.4. The van der Waals surface area contributed by atoms with Gasteiger partial charge in [-0.15, -0.1) is 0 Å². The quantitative estimate of drug-likeness (QED) is 0.582. The highest BCUT2D eigenvalue weighted by molar-refractivity contribution is 7.71. The minimum Gasteiger partial charge on any atom is -0.381 e. The van der Waals surface area contributed by atoms with Gasteiger partial charge in [-0.2, -0.15) is 5.10 Å². The van der Waals surface area contributed by atoms with Crippen molar-refractivity contribution < 1.29 is 4.74 Å². The largest absolute Gasteiger partial charge is 0.381 e. The Labute approximate surface area is 89.3 Å². The molecule has 1 aromatic heterocycles. The Morgan fingerprint density at radius 2 is 2.29 bits per heavy atom. The third-order valence-electron chi connectivity index (χ3n) is 1.96. The molecule has 1 heterocycles. The zero-order valence-electron chi connectivity index (χ0n) is 8.75. The summed E-state index contributed by atoms with van der Waals surface area (Å²) >= 11 is 5.12. The zero-order valence-corrected chi connectivity index (χ0v) is 9.56. The Kier molecular flexibility index (Phi) is 4.82. The first-order valence-corrected chi connectivity index (χ1v) is 5.42. The number of hydrogen-bond acceptors (Lipinski definition) is 3. The molecule has 0 spiro atoms. The summed E-state index contributed by atoms with van der Waals surface area (Å²) in [7, 11) is 0. The average molecular weight is 215 g/mol. The lowest BCUT2D eigenvalue weighted by Gasteiger charge is -2.04. The van der Waals surface area contributed by atoms with Crippen LogP contribution in [0.15, 0.2) is 0 Å². The number of nitrogens with one attached hydrogen (secondary N) is 1. The Hall–Kier alpha value is -0.680. The van der Waals surface area contributed by atoms with Crippen LogP contribution in [-0.4, -0.2) is 28.0 Å². The Balaban J connectivity index is 2.61. The van der Waals surface area contributed by atoms with Gasteiger partial charge in [-0.25, -0.2) is 0 Å². The molecule has 0 aliphatic rings. The molecular formula is C9H17N3OS. The molecule has 0 bridgehead atoms. The number of ether oxygens (including phenoxy) is 1. The van der Waals surface area contributed by atoms with Crippen molar-refractivity contribution in [3.8, 4) is 0 Å². The fraction of sp³-hybridized carbons (Fsp3) is 0.778. The van der Waals surface area contributed by atoms with Crippen LogP contribution in [0, 0.1) is 4.77 Å². The van der Waals surface area contributed by atoms with Crippen LogP contribution in [0.4, 0.5) is 0 Å². The molecule has 5 heteroatoms. The van der Waals surface area contributed by atoms with Crippen molar-refractivity contribution in [2.75, 3.05) is 13.2 Å². The van der Waals surface area contributed by atoms with E-state index in [-0.39, 0.29) is 0 Å². The Morgan fingerprint density at radius 1 is 1.50 bits per heavy atom. The fourth-order valence-corrected chi connectivity index (χ4v) is 1.55. The van der Waals surface area contributed by atoms with Gasteiger partial charge in [0.1, 0.15) is 5.82 Å². The molecule has 1 N–H and O–H groups in total. The van der Waals surface area contributed by atoms with Crippen LogP contribution >= 0.6 is 12.2 Å². The Morgan fingerprint density at radius 3 is 2.93 bits per heavy atom. The molecular weight excluding hydrogens is 198 g/mol. The second-order valence-corrected chi connectivity index (χ2v) is 3.43. The van der Waals surface area contributed by atoms with E-state index in [9.17, 15) is 0 Å². The Bertz CT molecular complexity index is 318. The van der Waals surface area contributed by atoms with Crippen molar-refractivity contribution in [1.29, 1.82) is 0 Å². The monoisotopic (exact) mass is 215 g/mol. The molecule has 80 valence electrons. The van der Waals surface area contributed by atoms with E-state index in [0.29, 0.717) is 11.4 Å². The predicted octanol–water partition coefficient (Wildman–Crippen LogP) is 1.93. The lowest BCUT2D eigenvalue weighted by molar-refractivity contribution is 0.148. The van der Waals surface area contributed by atoms with Crippen LogP contribution in [0.1, 0.15) is 26.1 Å². The second-order valence-electron chi connectivity index (χ2n) is 3.04. The van der Waals surface area contributed by atoms with Gasteiger partial charge in [0.25, 0.3) is 0 Å². The summed E-state index contributed by atoms with van der Waals surface area (Å²) in [6.07, 6.45) is 1.89. The molecule has 0 saturated heterocycles. The zero-order chi connectivity index (χ0) is 10.4. The van der Waals surface area contributed by atoms with E-state index < -0.39 is 0 Å². The summed E-state index contributed by atoms with van der Waals surface area (Å²) < 4.78 is 8.02. The first-order valence-electron chi connectivity index (χ1n) is 5.01. The molecule has 0 aromatic carbocycles. The number of aromatic amines is 1. The number of hydrogen-bond donors (Lipinski definition) is 1. The maximum atomic E-state index is 5.28. The number of nitrogens with zero attached hydrogens (tertiary/aromatic N) is 2. The molecule has 0 amide bonds. The maximum Gasteiger partial charge on any atom is 0.195 e. The summed E-state index contributed by atoms with van der Waals surface area (Å²) in [5.41, 5.74) is 0. The maximum absolute atomic E-state index is 5.28. The average Bonchev–Trinajstić information content (AvgIpc) is 2.51. The molecule has 0 atom stereocenters. The number of aromatic nitrogens is 3. The van der Waals surface area contributed by atoms with Crippen molar-refractivity contribution in [3.05, 3.63) is 10.6 Å².